The third kappa shape index (κ3) is 4.08. The highest BCUT2D eigenvalue weighted by atomic mass is 79.9. The van der Waals surface area contributed by atoms with Crippen molar-refractivity contribution in [1.29, 1.82) is 0 Å². The minimum atomic E-state index is -0.448. The van der Waals surface area contributed by atoms with Crippen LogP contribution in [0.4, 0.5) is 0 Å². The Morgan fingerprint density at radius 3 is 1.71 bits per heavy atom. The van der Waals surface area contributed by atoms with Crippen molar-refractivity contribution < 1.29 is 0 Å². The Morgan fingerprint density at radius 1 is 0.511 bits per heavy atom. The van der Waals surface area contributed by atoms with Crippen LogP contribution in [0.15, 0.2) is 120 Å². The second kappa shape index (κ2) is 9.89. The predicted molar refractivity (Wildman–Crippen MR) is 197 cm³/mol. The lowest BCUT2D eigenvalue weighted by Crippen LogP contribution is -2.27. The standard InChI is InChI=1S/C43H37BrS/c1-41(2,3)28-21-22-31-33(23-28)43(34-24-29(42(4,5)6)25-35(44)36(31)34)32-20-14-13-19-30(32)37-38(43)40(27-17-11-8-12-18-27)45-39(37)26-15-9-7-10-16-26/h7-25H,1-6H3. The van der Waals surface area contributed by atoms with Crippen LogP contribution >= 0.6 is 27.3 Å². The number of benzene rings is 5. The first kappa shape index (κ1) is 28.7. The van der Waals surface area contributed by atoms with E-state index in [0.717, 1.165) is 0 Å². The van der Waals surface area contributed by atoms with E-state index in [2.05, 4.69) is 173 Å². The van der Waals surface area contributed by atoms with E-state index in [4.69, 9.17) is 0 Å². The molecule has 2 aliphatic carbocycles. The third-order valence-electron chi connectivity index (χ3n) is 9.87. The molecule has 2 heteroatoms. The van der Waals surface area contributed by atoms with Crippen molar-refractivity contribution in [3.63, 3.8) is 0 Å². The van der Waals surface area contributed by atoms with Crippen molar-refractivity contribution in [3.8, 4) is 43.1 Å². The van der Waals surface area contributed by atoms with Gasteiger partial charge in [-0.05, 0) is 72.5 Å². The molecule has 6 aromatic rings. The van der Waals surface area contributed by atoms with Crippen LogP contribution in [-0.2, 0) is 16.2 Å². The highest BCUT2D eigenvalue weighted by Gasteiger charge is 2.55. The topological polar surface area (TPSA) is 0 Å². The Morgan fingerprint density at radius 2 is 1.07 bits per heavy atom. The summed E-state index contributed by atoms with van der Waals surface area (Å²) in [6, 6.07) is 43.5. The van der Waals surface area contributed by atoms with Crippen molar-refractivity contribution in [1.82, 2.24) is 0 Å². The van der Waals surface area contributed by atoms with Crippen molar-refractivity contribution in [2.45, 2.75) is 57.8 Å². The van der Waals surface area contributed by atoms with Gasteiger partial charge in [-0.15, -0.1) is 11.3 Å². The molecule has 0 radical (unpaired) electrons. The van der Waals surface area contributed by atoms with Crippen molar-refractivity contribution in [2.24, 2.45) is 0 Å². The lowest BCUT2D eigenvalue weighted by Gasteiger charge is -2.33. The molecule has 0 N–H and O–H groups in total. The predicted octanol–water partition coefficient (Wildman–Crippen LogP) is 12.8. The molecule has 0 bridgehead atoms. The molecule has 0 aliphatic heterocycles. The van der Waals surface area contributed by atoms with Crippen LogP contribution in [0.1, 0.15) is 74.9 Å². The zero-order valence-corrected chi connectivity index (χ0v) is 29.2. The van der Waals surface area contributed by atoms with E-state index in [1.807, 2.05) is 11.3 Å². The smallest absolute Gasteiger partial charge is 0.0740 e. The molecule has 0 saturated heterocycles. The molecular formula is C43H37BrS. The molecular weight excluding hydrogens is 628 g/mol. The molecule has 1 heterocycles. The van der Waals surface area contributed by atoms with Gasteiger partial charge >= 0.3 is 0 Å². The molecule has 0 fully saturated rings. The first-order chi connectivity index (χ1) is 21.5. The summed E-state index contributed by atoms with van der Waals surface area (Å²) < 4.78 is 1.18. The third-order valence-corrected chi connectivity index (χ3v) is 11.8. The largest absolute Gasteiger partial charge is 0.134 e. The van der Waals surface area contributed by atoms with Crippen LogP contribution in [0.2, 0.25) is 0 Å². The van der Waals surface area contributed by atoms with Crippen LogP contribution in [0.5, 0.6) is 0 Å². The molecule has 8 rings (SSSR count). The summed E-state index contributed by atoms with van der Waals surface area (Å²) in [7, 11) is 0. The molecule has 0 saturated carbocycles. The summed E-state index contributed by atoms with van der Waals surface area (Å²) in [5, 5.41) is 0. The first-order valence-electron chi connectivity index (χ1n) is 15.9. The highest BCUT2D eigenvalue weighted by Crippen LogP contribution is 2.69. The average Bonchev–Trinajstić information content (AvgIpc) is 3.65. The van der Waals surface area contributed by atoms with Gasteiger partial charge in [0.2, 0.25) is 0 Å². The maximum absolute atomic E-state index is 4.14. The Bertz CT molecular complexity index is 2120. The van der Waals surface area contributed by atoms with E-state index >= 15 is 0 Å². The van der Waals surface area contributed by atoms with Crippen LogP contribution < -0.4 is 0 Å². The van der Waals surface area contributed by atoms with Crippen molar-refractivity contribution in [2.75, 3.05) is 0 Å². The number of hydrogen-bond acceptors (Lipinski definition) is 1. The summed E-state index contributed by atoms with van der Waals surface area (Å²) in [5.74, 6) is 0. The van der Waals surface area contributed by atoms with E-state index in [9.17, 15) is 0 Å². The monoisotopic (exact) mass is 664 g/mol. The quantitative estimate of drug-likeness (QED) is 0.172. The molecule has 1 unspecified atom stereocenters. The molecule has 1 aromatic heterocycles. The molecule has 1 spiro atoms. The van der Waals surface area contributed by atoms with Crippen LogP contribution in [0.3, 0.4) is 0 Å². The van der Waals surface area contributed by atoms with E-state index in [0.29, 0.717) is 0 Å². The minimum Gasteiger partial charge on any atom is -0.134 e. The van der Waals surface area contributed by atoms with Crippen LogP contribution in [-0.4, -0.2) is 0 Å². The van der Waals surface area contributed by atoms with Gasteiger partial charge in [0.15, 0.2) is 0 Å². The second-order valence-corrected chi connectivity index (χ2v) is 16.6. The van der Waals surface area contributed by atoms with Gasteiger partial charge in [0.05, 0.1) is 5.41 Å². The number of fused-ring (bicyclic) bond motifs is 10. The van der Waals surface area contributed by atoms with Crippen LogP contribution in [0.25, 0.3) is 43.1 Å². The number of thiophene rings is 1. The highest BCUT2D eigenvalue weighted by molar-refractivity contribution is 9.10. The molecule has 0 nitrogen and oxygen atoms in total. The number of rotatable bonds is 2. The van der Waals surface area contributed by atoms with Gasteiger partial charge in [-0.2, -0.15) is 0 Å². The SMILES string of the molecule is CC(C)(C)c1ccc2c(c1)C1(c3ccccc3-c3c(-c4ccccc4)sc(-c4ccccc4)c31)c1cc(C(C)(C)C)cc(Br)c1-2. The maximum Gasteiger partial charge on any atom is 0.0740 e. The Labute approximate surface area is 279 Å². The second-order valence-electron chi connectivity index (χ2n) is 14.7. The Kier molecular flexibility index (Phi) is 6.31. The molecule has 222 valence electrons. The minimum absolute atomic E-state index is 0.00284. The van der Waals surface area contributed by atoms with Gasteiger partial charge in [0.25, 0.3) is 0 Å². The Balaban J connectivity index is 1.61. The summed E-state index contributed by atoms with van der Waals surface area (Å²) in [4.78, 5) is 2.71. The van der Waals surface area contributed by atoms with E-state index in [1.54, 1.807) is 0 Å². The summed E-state index contributed by atoms with van der Waals surface area (Å²) in [5.41, 5.74) is 15.9. The molecule has 2 aliphatic rings. The fourth-order valence-corrected chi connectivity index (χ4v) is 9.70. The van der Waals surface area contributed by atoms with E-state index < -0.39 is 5.41 Å². The summed E-state index contributed by atoms with van der Waals surface area (Å²) >= 11 is 6.09. The lowest BCUT2D eigenvalue weighted by molar-refractivity contribution is 0.586. The van der Waals surface area contributed by atoms with Gasteiger partial charge in [-0.25, -0.2) is 0 Å². The average molecular weight is 666 g/mol. The summed E-state index contributed by atoms with van der Waals surface area (Å²) in [6.45, 7) is 14.0. The Hall–Kier alpha value is -3.72. The molecule has 5 aromatic carbocycles. The first-order valence-corrected chi connectivity index (χ1v) is 17.5. The van der Waals surface area contributed by atoms with E-state index in [-0.39, 0.29) is 10.8 Å². The number of halogens is 1. The maximum atomic E-state index is 4.14. The van der Waals surface area contributed by atoms with Gasteiger partial charge in [-0.1, -0.05) is 167 Å². The lowest BCUT2D eigenvalue weighted by atomic mass is 9.68. The van der Waals surface area contributed by atoms with Crippen molar-refractivity contribution in [3.05, 3.63) is 153 Å². The van der Waals surface area contributed by atoms with Gasteiger partial charge in [0.1, 0.15) is 0 Å². The zero-order valence-electron chi connectivity index (χ0n) is 26.8. The normalized spacial score (nSPS) is 16.4. The van der Waals surface area contributed by atoms with Crippen LogP contribution in [0, 0.1) is 0 Å². The van der Waals surface area contributed by atoms with Gasteiger partial charge in [-0.3, -0.25) is 0 Å². The van der Waals surface area contributed by atoms with Crippen molar-refractivity contribution >= 4 is 27.3 Å². The summed E-state index contributed by atoms with van der Waals surface area (Å²) in [6.07, 6.45) is 0. The molecule has 45 heavy (non-hydrogen) atoms. The molecule has 0 amide bonds. The zero-order chi connectivity index (χ0) is 31.3. The van der Waals surface area contributed by atoms with Gasteiger partial charge in [0, 0.05) is 25.4 Å². The molecule has 1 atom stereocenters. The fraction of sp³-hybridized carbons (Fsp3) is 0.209. The van der Waals surface area contributed by atoms with Gasteiger partial charge < -0.3 is 0 Å². The van der Waals surface area contributed by atoms with E-state index in [1.165, 1.54) is 81.0 Å². The fourth-order valence-electron chi connectivity index (χ4n) is 7.65. The number of hydrogen-bond donors (Lipinski definition) is 0.